The van der Waals surface area contributed by atoms with E-state index in [1.54, 1.807) is 6.92 Å². The minimum atomic E-state index is -4.03. The first-order valence-electron chi connectivity index (χ1n) is 5.47. The smallest absolute Gasteiger partial charge is 0.267 e. The lowest BCUT2D eigenvalue weighted by Gasteiger charge is -2.11. The second-order valence-electron chi connectivity index (χ2n) is 4.06. The van der Waals surface area contributed by atoms with Crippen LogP contribution in [-0.2, 0) is 10.0 Å². The SMILES string of the molecule is Cc1cc(F)c(Br)cc1NS(=O)(=O)c1c[nH]ccc1=O. The van der Waals surface area contributed by atoms with E-state index < -0.39 is 26.2 Å². The van der Waals surface area contributed by atoms with Crippen LogP contribution < -0.4 is 10.2 Å². The molecule has 106 valence electrons. The Balaban J connectivity index is 2.47. The molecule has 1 heterocycles. The summed E-state index contributed by atoms with van der Waals surface area (Å²) in [6.07, 6.45) is 2.43. The Labute approximate surface area is 123 Å². The molecule has 0 bridgehead atoms. The maximum atomic E-state index is 13.3. The summed E-state index contributed by atoms with van der Waals surface area (Å²) in [5, 5.41) is 0. The number of aromatic amines is 1. The van der Waals surface area contributed by atoms with E-state index in [9.17, 15) is 17.6 Å². The van der Waals surface area contributed by atoms with Gasteiger partial charge in [0, 0.05) is 18.5 Å². The van der Waals surface area contributed by atoms with Gasteiger partial charge in [-0.3, -0.25) is 9.52 Å². The highest BCUT2D eigenvalue weighted by molar-refractivity contribution is 9.10. The largest absolute Gasteiger partial charge is 0.366 e. The molecule has 0 aliphatic heterocycles. The highest BCUT2D eigenvalue weighted by atomic mass is 79.9. The van der Waals surface area contributed by atoms with E-state index in [0.29, 0.717) is 5.56 Å². The quantitative estimate of drug-likeness (QED) is 0.881. The van der Waals surface area contributed by atoms with Gasteiger partial charge in [-0.05, 0) is 40.5 Å². The monoisotopic (exact) mass is 360 g/mol. The van der Waals surface area contributed by atoms with Crippen LogP contribution in [0.3, 0.4) is 0 Å². The molecule has 8 heteroatoms. The van der Waals surface area contributed by atoms with Gasteiger partial charge in [0.05, 0.1) is 10.2 Å². The molecule has 0 unspecified atom stereocenters. The van der Waals surface area contributed by atoms with Gasteiger partial charge in [-0.25, -0.2) is 12.8 Å². The summed E-state index contributed by atoms with van der Waals surface area (Å²) in [7, 11) is -4.03. The molecule has 0 aliphatic rings. The van der Waals surface area contributed by atoms with Gasteiger partial charge in [-0.15, -0.1) is 0 Å². The number of sulfonamides is 1. The van der Waals surface area contributed by atoms with E-state index in [2.05, 4.69) is 25.6 Å². The first-order valence-corrected chi connectivity index (χ1v) is 7.74. The zero-order valence-electron chi connectivity index (χ0n) is 10.3. The van der Waals surface area contributed by atoms with E-state index in [0.717, 1.165) is 12.3 Å². The van der Waals surface area contributed by atoms with Crippen LogP contribution in [0, 0.1) is 12.7 Å². The Morgan fingerprint density at radius 1 is 1.35 bits per heavy atom. The van der Waals surface area contributed by atoms with Crippen molar-refractivity contribution in [3.63, 3.8) is 0 Å². The highest BCUT2D eigenvalue weighted by Gasteiger charge is 2.19. The third-order valence-electron chi connectivity index (χ3n) is 2.59. The summed E-state index contributed by atoms with van der Waals surface area (Å²) >= 11 is 2.98. The number of aryl methyl sites for hydroxylation is 1. The molecule has 0 aliphatic carbocycles. The molecule has 2 aromatic rings. The fraction of sp³-hybridized carbons (Fsp3) is 0.0833. The zero-order valence-corrected chi connectivity index (χ0v) is 12.7. The van der Waals surface area contributed by atoms with Crippen molar-refractivity contribution in [1.29, 1.82) is 0 Å². The standard InChI is InChI=1S/C12H10BrFN2O3S/c1-7-4-9(14)8(13)5-10(7)16-20(18,19)12-6-15-3-2-11(12)17/h2-6,16H,1H3,(H,15,17). The number of anilines is 1. The Bertz CT molecular complexity index is 818. The van der Waals surface area contributed by atoms with Crippen LogP contribution in [0.15, 0.2) is 44.8 Å². The second kappa shape index (κ2) is 5.37. The van der Waals surface area contributed by atoms with Gasteiger partial charge < -0.3 is 4.98 Å². The number of nitrogens with one attached hydrogen (secondary N) is 2. The number of aromatic nitrogens is 1. The van der Waals surface area contributed by atoms with Crippen LogP contribution >= 0.6 is 15.9 Å². The molecule has 0 saturated carbocycles. The van der Waals surface area contributed by atoms with Crippen molar-refractivity contribution in [2.24, 2.45) is 0 Å². The van der Waals surface area contributed by atoms with Gasteiger partial charge in [0.25, 0.3) is 10.0 Å². The van der Waals surface area contributed by atoms with Crippen LogP contribution in [0.1, 0.15) is 5.56 Å². The third-order valence-corrected chi connectivity index (χ3v) is 4.58. The average Bonchev–Trinajstić information content (AvgIpc) is 2.36. The number of benzene rings is 1. The molecule has 0 fully saturated rings. The highest BCUT2D eigenvalue weighted by Crippen LogP contribution is 2.25. The van der Waals surface area contributed by atoms with E-state index in [1.165, 1.54) is 18.3 Å². The minimum absolute atomic E-state index is 0.128. The predicted molar refractivity (Wildman–Crippen MR) is 76.7 cm³/mol. The maximum Gasteiger partial charge on any atom is 0.267 e. The molecule has 0 saturated heterocycles. The van der Waals surface area contributed by atoms with E-state index >= 15 is 0 Å². The van der Waals surface area contributed by atoms with Gasteiger partial charge in [0.1, 0.15) is 5.82 Å². The van der Waals surface area contributed by atoms with Crippen LogP contribution in [0.2, 0.25) is 0 Å². The van der Waals surface area contributed by atoms with Crippen LogP contribution in [-0.4, -0.2) is 13.4 Å². The number of halogens is 2. The summed E-state index contributed by atoms with van der Waals surface area (Å²) in [6.45, 7) is 1.56. The van der Waals surface area contributed by atoms with E-state index in [1.807, 2.05) is 0 Å². The molecule has 0 spiro atoms. The summed E-state index contributed by atoms with van der Waals surface area (Å²) < 4.78 is 40.0. The van der Waals surface area contributed by atoms with Gasteiger partial charge in [0.15, 0.2) is 4.90 Å². The molecule has 1 aromatic heterocycles. The van der Waals surface area contributed by atoms with Gasteiger partial charge >= 0.3 is 0 Å². The zero-order chi connectivity index (χ0) is 14.9. The number of H-pyrrole nitrogens is 1. The lowest BCUT2D eigenvalue weighted by Crippen LogP contribution is -2.21. The Hall–Kier alpha value is -1.67. The van der Waals surface area contributed by atoms with Crippen LogP contribution in [0.5, 0.6) is 0 Å². The first-order chi connectivity index (χ1) is 9.31. The summed E-state index contributed by atoms with van der Waals surface area (Å²) in [6, 6.07) is 3.61. The number of pyridine rings is 1. The molecule has 2 N–H and O–H groups in total. The Kier molecular flexibility index (Phi) is 3.96. The van der Waals surface area contributed by atoms with E-state index in [-0.39, 0.29) is 10.2 Å². The van der Waals surface area contributed by atoms with Crippen molar-refractivity contribution in [2.75, 3.05) is 4.72 Å². The number of rotatable bonds is 3. The van der Waals surface area contributed by atoms with Crippen molar-refractivity contribution in [2.45, 2.75) is 11.8 Å². The van der Waals surface area contributed by atoms with Crippen LogP contribution in [0.25, 0.3) is 0 Å². The molecule has 5 nitrogen and oxygen atoms in total. The van der Waals surface area contributed by atoms with E-state index in [4.69, 9.17) is 0 Å². The third kappa shape index (κ3) is 2.91. The van der Waals surface area contributed by atoms with Crippen molar-refractivity contribution in [1.82, 2.24) is 4.98 Å². The van der Waals surface area contributed by atoms with Crippen molar-refractivity contribution >= 4 is 31.6 Å². The lowest BCUT2D eigenvalue weighted by molar-refractivity contribution is 0.599. The van der Waals surface area contributed by atoms with Gasteiger partial charge in [-0.1, -0.05) is 0 Å². The fourth-order valence-electron chi connectivity index (χ4n) is 1.57. The van der Waals surface area contributed by atoms with Crippen molar-refractivity contribution < 1.29 is 12.8 Å². The molecular weight excluding hydrogens is 351 g/mol. The molecule has 2 rings (SSSR count). The summed E-state index contributed by atoms with van der Waals surface area (Å²) in [5.41, 5.74) is -0.0294. The number of hydrogen-bond donors (Lipinski definition) is 2. The van der Waals surface area contributed by atoms with Crippen molar-refractivity contribution in [3.05, 3.63) is 56.7 Å². The second-order valence-corrected chi connectivity index (χ2v) is 6.56. The molecule has 1 aromatic carbocycles. The summed E-state index contributed by atoms with van der Waals surface area (Å²) in [5.74, 6) is -0.497. The molecule has 0 amide bonds. The topological polar surface area (TPSA) is 79.0 Å². The predicted octanol–water partition coefficient (Wildman–Crippen LogP) is 2.39. The Morgan fingerprint density at radius 3 is 2.70 bits per heavy atom. The normalized spacial score (nSPS) is 11.3. The first kappa shape index (κ1) is 14.7. The van der Waals surface area contributed by atoms with Crippen LogP contribution in [0.4, 0.5) is 10.1 Å². The average molecular weight is 361 g/mol. The van der Waals surface area contributed by atoms with Gasteiger partial charge in [-0.2, -0.15) is 0 Å². The fourth-order valence-corrected chi connectivity index (χ4v) is 3.09. The number of hydrogen-bond acceptors (Lipinski definition) is 3. The van der Waals surface area contributed by atoms with Gasteiger partial charge in [0.2, 0.25) is 5.43 Å². The lowest BCUT2D eigenvalue weighted by atomic mass is 10.2. The molecule has 0 radical (unpaired) electrons. The summed E-state index contributed by atoms with van der Waals surface area (Å²) in [4.78, 5) is 13.7. The molecular formula is C12H10BrFN2O3S. The minimum Gasteiger partial charge on any atom is -0.366 e. The maximum absolute atomic E-state index is 13.3. The molecule has 20 heavy (non-hydrogen) atoms. The van der Waals surface area contributed by atoms with Crippen molar-refractivity contribution in [3.8, 4) is 0 Å². The Morgan fingerprint density at radius 2 is 2.05 bits per heavy atom. The molecule has 0 atom stereocenters.